The van der Waals surface area contributed by atoms with Gasteiger partial charge in [-0.1, -0.05) is 13.3 Å². The summed E-state index contributed by atoms with van der Waals surface area (Å²) >= 11 is 0. The van der Waals surface area contributed by atoms with Crippen LogP contribution in [0.1, 0.15) is 38.3 Å². The molecule has 3 N–H and O–H groups in total. The number of amides is 1. The summed E-state index contributed by atoms with van der Waals surface area (Å²) in [5.41, 5.74) is 6.68. The number of rotatable bonds is 7. The van der Waals surface area contributed by atoms with Gasteiger partial charge in [0.2, 0.25) is 5.91 Å². The van der Waals surface area contributed by atoms with E-state index >= 15 is 0 Å². The fourth-order valence-corrected chi connectivity index (χ4v) is 2.02. The molecule has 1 aromatic carbocycles. The zero-order valence-corrected chi connectivity index (χ0v) is 13.8. The highest BCUT2D eigenvalue weighted by Gasteiger charge is 2.18. The van der Waals surface area contributed by atoms with Crippen LogP contribution in [0, 0.1) is 0 Å². The van der Waals surface area contributed by atoms with Crippen molar-refractivity contribution in [3.05, 3.63) is 23.8 Å². The van der Waals surface area contributed by atoms with Crippen molar-refractivity contribution in [1.82, 2.24) is 5.32 Å². The fraction of sp³-hybridized carbons (Fsp3) is 0.533. The summed E-state index contributed by atoms with van der Waals surface area (Å²) in [6, 6.07) is 4.83. The van der Waals surface area contributed by atoms with Crippen molar-refractivity contribution >= 4 is 18.3 Å². The van der Waals surface area contributed by atoms with E-state index in [1.807, 2.05) is 32.0 Å². The average Bonchev–Trinajstić information content (AvgIpc) is 2.46. The van der Waals surface area contributed by atoms with Gasteiger partial charge in [0.1, 0.15) is 11.5 Å². The standard InChI is InChI=1S/C15H24N2O3.ClH/c1-5-6-13(16)15(18)17-10(2)12-9-11(19-3)7-8-14(12)20-4;/h7-10,13H,5-6,16H2,1-4H3,(H,17,18);1H. The zero-order valence-electron chi connectivity index (χ0n) is 13.0. The van der Waals surface area contributed by atoms with E-state index in [9.17, 15) is 4.79 Å². The molecule has 1 rings (SSSR count). The summed E-state index contributed by atoms with van der Waals surface area (Å²) in [5.74, 6) is 1.28. The summed E-state index contributed by atoms with van der Waals surface area (Å²) in [5, 5.41) is 2.91. The number of halogens is 1. The van der Waals surface area contributed by atoms with Gasteiger partial charge in [-0.3, -0.25) is 4.79 Å². The number of hydrogen-bond donors (Lipinski definition) is 2. The lowest BCUT2D eigenvalue weighted by Crippen LogP contribution is -2.41. The van der Waals surface area contributed by atoms with Crippen LogP contribution < -0.4 is 20.5 Å². The second-order valence-corrected chi connectivity index (χ2v) is 4.73. The third-order valence-corrected chi connectivity index (χ3v) is 3.20. The van der Waals surface area contributed by atoms with Crippen LogP contribution in [0.25, 0.3) is 0 Å². The van der Waals surface area contributed by atoms with Crippen LogP contribution in [0.15, 0.2) is 18.2 Å². The maximum absolute atomic E-state index is 12.0. The summed E-state index contributed by atoms with van der Waals surface area (Å²) in [6.07, 6.45) is 1.55. The van der Waals surface area contributed by atoms with Gasteiger partial charge < -0.3 is 20.5 Å². The summed E-state index contributed by atoms with van der Waals surface area (Å²) in [7, 11) is 3.20. The van der Waals surface area contributed by atoms with Crippen LogP contribution in [-0.4, -0.2) is 26.2 Å². The first kappa shape index (κ1) is 19.5. The second kappa shape index (κ2) is 9.47. The maximum Gasteiger partial charge on any atom is 0.237 e. The number of carbonyl (C=O) groups excluding carboxylic acids is 1. The Kier molecular flexibility index (Phi) is 8.81. The van der Waals surface area contributed by atoms with Crippen molar-refractivity contribution in [2.45, 2.75) is 38.8 Å². The molecule has 0 aliphatic rings. The first-order valence-corrected chi connectivity index (χ1v) is 6.81. The molecule has 0 radical (unpaired) electrons. The number of methoxy groups -OCH3 is 2. The van der Waals surface area contributed by atoms with Crippen molar-refractivity contribution in [2.24, 2.45) is 5.73 Å². The van der Waals surface area contributed by atoms with Crippen LogP contribution >= 0.6 is 12.4 Å². The smallest absolute Gasteiger partial charge is 0.237 e. The van der Waals surface area contributed by atoms with Crippen LogP contribution in [0.3, 0.4) is 0 Å². The Bertz CT molecular complexity index is 455. The van der Waals surface area contributed by atoms with Crippen molar-refractivity contribution in [2.75, 3.05) is 14.2 Å². The normalized spacial score (nSPS) is 12.8. The third-order valence-electron chi connectivity index (χ3n) is 3.20. The Morgan fingerprint density at radius 2 is 2.00 bits per heavy atom. The van der Waals surface area contributed by atoms with Gasteiger partial charge in [-0.25, -0.2) is 0 Å². The summed E-state index contributed by atoms with van der Waals surface area (Å²) < 4.78 is 10.5. The third kappa shape index (κ3) is 5.44. The molecule has 0 saturated heterocycles. The molecular weight excluding hydrogens is 292 g/mol. The predicted octanol–water partition coefficient (Wildman–Crippen LogP) is 2.43. The van der Waals surface area contributed by atoms with Crippen LogP contribution in [0.5, 0.6) is 11.5 Å². The van der Waals surface area contributed by atoms with Gasteiger partial charge in [0.05, 0.1) is 26.3 Å². The molecule has 5 nitrogen and oxygen atoms in total. The molecule has 0 aliphatic carbocycles. The number of hydrogen-bond acceptors (Lipinski definition) is 4. The molecule has 1 aromatic rings. The van der Waals surface area contributed by atoms with E-state index in [-0.39, 0.29) is 24.4 Å². The van der Waals surface area contributed by atoms with Crippen LogP contribution in [0.2, 0.25) is 0 Å². The highest BCUT2D eigenvalue weighted by atomic mass is 35.5. The van der Waals surface area contributed by atoms with E-state index in [1.165, 1.54) is 0 Å². The molecule has 0 fully saturated rings. The highest BCUT2D eigenvalue weighted by Crippen LogP contribution is 2.29. The molecule has 0 heterocycles. The number of nitrogens with one attached hydrogen (secondary N) is 1. The minimum Gasteiger partial charge on any atom is -0.497 e. The van der Waals surface area contributed by atoms with Gasteiger partial charge in [-0.15, -0.1) is 12.4 Å². The average molecular weight is 317 g/mol. The lowest BCUT2D eigenvalue weighted by atomic mass is 10.1. The number of nitrogens with two attached hydrogens (primary N) is 1. The molecule has 2 unspecified atom stereocenters. The van der Waals surface area contributed by atoms with Crippen molar-refractivity contribution < 1.29 is 14.3 Å². The largest absolute Gasteiger partial charge is 0.497 e. The van der Waals surface area contributed by atoms with Crippen molar-refractivity contribution in [3.8, 4) is 11.5 Å². The van der Waals surface area contributed by atoms with Crippen LogP contribution in [0.4, 0.5) is 0 Å². The van der Waals surface area contributed by atoms with Crippen molar-refractivity contribution in [3.63, 3.8) is 0 Å². The van der Waals surface area contributed by atoms with E-state index < -0.39 is 6.04 Å². The number of ether oxygens (including phenoxy) is 2. The number of benzene rings is 1. The minimum absolute atomic E-state index is 0. The Hall–Kier alpha value is -1.46. The van der Waals surface area contributed by atoms with Gasteiger partial charge in [-0.2, -0.15) is 0 Å². The van der Waals surface area contributed by atoms with Crippen molar-refractivity contribution in [1.29, 1.82) is 0 Å². The molecule has 21 heavy (non-hydrogen) atoms. The summed E-state index contributed by atoms with van der Waals surface area (Å²) in [4.78, 5) is 12.0. The first-order chi connectivity index (χ1) is 9.53. The van der Waals surface area contributed by atoms with Gasteiger partial charge in [0.25, 0.3) is 0 Å². The molecule has 0 aromatic heterocycles. The Balaban J connectivity index is 0.00000400. The van der Waals surface area contributed by atoms with Gasteiger partial charge in [0.15, 0.2) is 0 Å². The molecule has 0 aliphatic heterocycles. The lowest BCUT2D eigenvalue weighted by Gasteiger charge is -2.20. The molecular formula is C15H25ClN2O3. The molecule has 0 spiro atoms. The van der Waals surface area contributed by atoms with Crippen LogP contribution in [-0.2, 0) is 4.79 Å². The van der Waals surface area contributed by atoms with Gasteiger partial charge in [-0.05, 0) is 31.5 Å². The van der Waals surface area contributed by atoms with E-state index in [4.69, 9.17) is 15.2 Å². The van der Waals surface area contributed by atoms with E-state index in [2.05, 4.69) is 5.32 Å². The quantitative estimate of drug-likeness (QED) is 0.810. The fourth-order valence-electron chi connectivity index (χ4n) is 2.02. The van der Waals surface area contributed by atoms with E-state index in [0.717, 1.165) is 17.7 Å². The SMILES string of the molecule is CCCC(N)C(=O)NC(C)c1cc(OC)ccc1OC.Cl. The topological polar surface area (TPSA) is 73.6 Å². The number of carbonyl (C=O) groups is 1. The first-order valence-electron chi connectivity index (χ1n) is 6.81. The van der Waals surface area contributed by atoms with Gasteiger partial charge >= 0.3 is 0 Å². The monoisotopic (exact) mass is 316 g/mol. The Labute approximate surface area is 132 Å². The second-order valence-electron chi connectivity index (χ2n) is 4.73. The molecule has 6 heteroatoms. The molecule has 120 valence electrons. The molecule has 0 saturated carbocycles. The lowest BCUT2D eigenvalue weighted by molar-refractivity contribution is -0.123. The maximum atomic E-state index is 12.0. The summed E-state index contributed by atoms with van der Waals surface area (Å²) in [6.45, 7) is 3.90. The highest BCUT2D eigenvalue weighted by molar-refractivity contribution is 5.85. The van der Waals surface area contributed by atoms with E-state index in [0.29, 0.717) is 12.2 Å². The van der Waals surface area contributed by atoms with E-state index in [1.54, 1.807) is 14.2 Å². The van der Waals surface area contributed by atoms with Gasteiger partial charge in [0, 0.05) is 5.56 Å². The minimum atomic E-state index is -0.473. The Morgan fingerprint density at radius 3 is 2.52 bits per heavy atom. The molecule has 2 atom stereocenters. The zero-order chi connectivity index (χ0) is 15.1. The molecule has 0 bridgehead atoms. The predicted molar refractivity (Wildman–Crippen MR) is 86.2 cm³/mol. The Morgan fingerprint density at radius 1 is 1.33 bits per heavy atom. The molecule has 1 amide bonds.